The van der Waals surface area contributed by atoms with E-state index in [9.17, 15) is 0 Å². The van der Waals surface area contributed by atoms with Gasteiger partial charge in [0.2, 0.25) is 0 Å². The zero-order chi connectivity index (χ0) is 13.1. The highest BCUT2D eigenvalue weighted by molar-refractivity contribution is 14.1. The molecule has 0 fully saturated rings. The first-order valence-corrected chi connectivity index (χ1v) is 7.27. The SMILES string of the molecule is CNc1nc(-c2csc(C)n2)nc(COC)c1I. The molecule has 0 unspecified atom stereocenters. The van der Waals surface area contributed by atoms with Crippen LogP contribution in [-0.2, 0) is 11.3 Å². The second kappa shape index (κ2) is 5.89. The van der Waals surface area contributed by atoms with Crippen LogP contribution in [0.15, 0.2) is 5.38 Å². The lowest BCUT2D eigenvalue weighted by atomic mass is 10.3. The van der Waals surface area contributed by atoms with E-state index in [0.717, 1.165) is 25.8 Å². The van der Waals surface area contributed by atoms with Crippen LogP contribution in [0.1, 0.15) is 10.7 Å². The summed E-state index contributed by atoms with van der Waals surface area (Å²) in [5.74, 6) is 1.44. The summed E-state index contributed by atoms with van der Waals surface area (Å²) in [5.41, 5.74) is 1.68. The van der Waals surface area contributed by atoms with Gasteiger partial charge in [0.15, 0.2) is 5.82 Å². The number of aryl methyl sites for hydroxylation is 1. The first kappa shape index (κ1) is 13.6. The molecule has 0 radical (unpaired) electrons. The number of hydrogen-bond donors (Lipinski definition) is 1. The summed E-state index contributed by atoms with van der Waals surface area (Å²) >= 11 is 3.81. The molecule has 96 valence electrons. The molecule has 1 N–H and O–H groups in total. The lowest BCUT2D eigenvalue weighted by molar-refractivity contribution is 0.181. The summed E-state index contributed by atoms with van der Waals surface area (Å²) in [4.78, 5) is 13.4. The first-order chi connectivity index (χ1) is 8.65. The standard InChI is InChI=1S/C11H13IN4OS/c1-6-14-8(5-18-6)10-15-7(4-17-3)9(12)11(13-2)16-10/h5H,4H2,1-3H3,(H,13,15,16). The summed E-state index contributed by atoms with van der Waals surface area (Å²) in [7, 11) is 3.50. The second-order valence-electron chi connectivity index (χ2n) is 3.59. The van der Waals surface area contributed by atoms with E-state index in [4.69, 9.17) is 4.74 Å². The van der Waals surface area contributed by atoms with Crippen LogP contribution >= 0.6 is 33.9 Å². The summed E-state index contributed by atoms with van der Waals surface area (Å²) in [6.07, 6.45) is 0. The maximum Gasteiger partial charge on any atom is 0.181 e. The van der Waals surface area contributed by atoms with E-state index in [-0.39, 0.29) is 0 Å². The zero-order valence-electron chi connectivity index (χ0n) is 10.3. The number of rotatable bonds is 4. The minimum Gasteiger partial charge on any atom is -0.378 e. The molecule has 0 aliphatic rings. The number of nitrogens with one attached hydrogen (secondary N) is 1. The molecule has 0 saturated heterocycles. The first-order valence-electron chi connectivity index (χ1n) is 5.31. The van der Waals surface area contributed by atoms with Gasteiger partial charge in [0.05, 0.1) is 20.9 Å². The van der Waals surface area contributed by atoms with Crippen LogP contribution in [-0.4, -0.2) is 29.1 Å². The van der Waals surface area contributed by atoms with Crippen molar-refractivity contribution in [3.63, 3.8) is 0 Å². The zero-order valence-corrected chi connectivity index (χ0v) is 13.3. The number of methoxy groups -OCH3 is 1. The van der Waals surface area contributed by atoms with Crippen LogP contribution in [0.2, 0.25) is 0 Å². The molecule has 0 aliphatic carbocycles. The van der Waals surface area contributed by atoms with Crippen LogP contribution in [0.5, 0.6) is 0 Å². The Kier molecular flexibility index (Phi) is 4.46. The summed E-state index contributed by atoms with van der Waals surface area (Å²) < 4.78 is 6.14. The molecule has 2 aromatic heterocycles. The summed E-state index contributed by atoms with van der Waals surface area (Å²) in [6.45, 7) is 2.43. The van der Waals surface area contributed by atoms with E-state index in [0.29, 0.717) is 12.4 Å². The quantitative estimate of drug-likeness (QED) is 0.832. The molecule has 0 saturated carbocycles. The van der Waals surface area contributed by atoms with Gasteiger partial charge in [-0.2, -0.15) is 0 Å². The minimum atomic E-state index is 0.464. The predicted octanol–water partition coefficient (Wildman–Crippen LogP) is 2.70. The fraction of sp³-hybridized carbons (Fsp3) is 0.364. The topological polar surface area (TPSA) is 59.9 Å². The maximum absolute atomic E-state index is 5.16. The molecular formula is C11H13IN4OS. The maximum atomic E-state index is 5.16. The molecule has 2 aromatic rings. The van der Waals surface area contributed by atoms with Crippen molar-refractivity contribution in [1.29, 1.82) is 0 Å². The average molecular weight is 376 g/mol. The average Bonchev–Trinajstić information content (AvgIpc) is 2.79. The van der Waals surface area contributed by atoms with E-state index in [2.05, 4.69) is 42.9 Å². The lowest BCUT2D eigenvalue weighted by Gasteiger charge is -2.09. The van der Waals surface area contributed by atoms with E-state index >= 15 is 0 Å². The third-order valence-electron chi connectivity index (χ3n) is 2.29. The van der Waals surface area contributed by atoms with E-state index in [1.54, 1.807) is 18.4 Å². The fourth-order valence-electron chi connectivity index (χ4n) is 1.47. The predicted molar refractivity (Wildman–Crippen MR) is 80.9 cm³/mol. The molecule has 0 amide bonds. The van der Waals surface area contributed by atoms with Crippen molar-refractivity contribution in [2.45, 2.75) is 13.5 Å². The normalized spacial score (nSPS) is 10.7. The van der Waals surface area contributed by atoms with Gasteiger partial charge in [-0.3, -0.25) is 0 Å². The highest BCUT2D eigenvalue weighted by Crippen LogP contribution is 2.25. The number of anilines is 1. The van der Waals surface area contributed by atoms with Gasteiger partial charge in [-0.25, -0.2) is 15.0 Å². The Labute approximate surface area is 123 Å². The van der Waals surface area contributed by atoms with Crippen molar-refractivity contribution >= 4 is 39.7 Å². The Balaban J connectivity index is 2.51. The number of nitrogens with zero attached hydrogens (tertiary/aromatic N) is 3. The van der Waals surface area contributed by atoms with Crippen LogP contribution in [0.3, 0.4) is 0 Å². The van der Waals surface area contributed by atoms with Gasteiger partial charge in [0, 0.05) is 19.5 Å². The molecule has 18 heavy (non-hydrogen) atoms. The molecule has 0 bridgehead atoms. The van der Waals surface area contributed by atoms with E-state index in [1.807, 2.05) is 19.4 Å². The Bertz CT molecular complexity index is 558. The molecular weight excluding hydrogens is 363 g/mol. The van der Waals surface area contributed by atoms with Crippen molar-refractivity contribution in [3.8, 4) is 11.5 Å². The van der Waals surface area contributed by atoms with Gasteiger partial charge in [0.1, 0.15) is 11.5 Å². The number of ether oxygens (including phenoxy) is 1. The van der Waals surface area contributed by atoms with Crippen molar-refractivity contribution < 1.29 is 4.74 Å². The van der Waals surface area contributed by atoms with Gasteiger partial charge >= 0.3 is 0 Å². The molecule has 2 rings (SSSR count). The smallest absolute Gasteiger partial charge is 0.181 e. The Hall–Kier alpha value is -0.800. The molecule has 7 heteroatoms. The van der Waals surface area contributed by atoms with Crippen molar-refractivity contribution in [3.05, 3.63) is 19.7 Å². The highest BCUT2D eigenvalue weighted by Gasteiger charge is 2.14. The lowest BCUT2D eigenvalue weighted by Crippen LogP contribution is -2.06. The van der Waals surface area contributed by atoms with Crippen molar-refractivity contribution in [2.24, 2.45) is 0 Å². The molecule has 0 atom stereocenters. The van der Waals surface area contributed by atoms with Gasteiger partial charge in [-0.15, -0.1) is 11.3 Å². The third kappa shape index (κ3) is 2.78. The Morgan fingerprint density at radius 2 is 2.17 bits per heavy atom. The van der Waals surface area contributed by atoms with Gasteiger partial charge in [0.25, 0.3) is 0 Å². The van der Waals surface area contributed by atoms with E-state index in [1.165, 1.54) is 0 Å². The second-order valence-corrected chi connectivity index (χ2v) is 5.73. The Morgan fingerprint density at radius 1 is 1.39 bits per heavy atom. The highest BCUT2D eigenvalue weighted by atomic mass is 127. The fourth-order valence-corrected chi connectivity index (χ4v) is 2.73. The van der Waals surface area contributed by atoms with Gasteiger partial charge < -0.3 is 10.1 Å². The number of hydrogen-bond acceptors (Lipinski definition) is 6. The largest absolute Gasteiger partial charge is 0.378 e. The number of aromatic nitrogens is 3. The molecule has 5 nitrogen and oxygen atoms in total. The van der Waals surface area contributed by atoms with Gasteiger partial charge in [-0.1, -0.05) is 0 Å². The third-order valence-corrected chi connectivity index (χ3v) is 4.19. The number of thiazole rings is 1. The molecule has 0 aliphatic heterocycles. The minimum absolute atomic E-state index is 0.464. The van der Waals surface area contributed by atoms with Crippen molar-refractivity contribution in [2.75, 3.05) is 19.5 Å². The summed E-state index contributed by atoms with van der Waals surface area (Å²) in [5, 5.41) is 6.04. The summed E-state index contributed by atoms with van der Waals surface area (Å²) in [6, 6.07) is 0. The molecule has 0 spiro atoms. The molecule has 2 heterocycles. The van der Waals surface area contributed by atoms with Crippen LogP contribution in [0.25, 0.3) is 11.5 Å². The van der Waals surface area contributed by atoms with Crippen LogP contribution in [0, 0.1) is 10.5 Å². The van der Waals surface area contributed by atoms with Crippen LogP contribution < -0.4 is 5.32 Å². The monoisotopic (exact) mass is 376 g/mol. The van der Waals surface area contributed by atoms with Crippen molar-refractivity contribution in [1.82, 2.24) is 15.0 Å². The van der Waals surface area contributed by atoms with Gasteiger partial charge in [-0.05, 0) is 29.5 Å². The molecule has 0 aromatic carbocycles. The number of halogens is 1. The van der Waals surface area contributed by atoms with E-state index < -0.39 is 0 Å². The Morgan fingerprint density at radius 3 is 2.72 bits per heavy atom. The van der Waals surface area contributed by atoms with Crippen LogP contribution in [0.4, 0.5) is 5.82 Å².